The maximum Gasteiger partial charge on any atom is 0.227 e. The van der Waals surface area contributed by atoms with Gasteiger partial charge < -0.3 is 25.5 Å². The maximum atomic E-state index is 12.4. The number of rotatable bonds is 3. The summed E-state index contributed by atoms with van der Waals surface area (Å²) in [5.74, 6) is 0.0485. The Labute approximate surface area is 136 Å². The molecule has 3 fully saturated rings. The number of Topliss-reactive ketones (excluding diaryl/α,β-unsaturated/α-hetero) is 1. The summed E-state index contributed by atoms with van der Waals surface area (Å²) in [7, 11) is 0. The summed E-state index contributed by atoms with van der Waals surface area (Å²) in [6, 6.07) is 0. The van der Waals surface area contributed by atoms with Crippen LogP contribution in [0.5, 0.6) is 0 Å². The van der Waals surface area contributed by atoms with Crippen molar-refractivity contribution in [2.75, 3.05) is 46.0 Å². The number of halogens is 1. The molecule has 0 radical (unpaired) electrons. The number of carbonyl (C=O) groups is 2. The molecule has 4 rings (SSSR count). The van der Waals surface area contributed by atoms with E-state index in [9.17, 15) is 9.59 Å². The average molecular weight is 331 g/mol. The van der Waals surface area contributed by atoms with Crippen molar-refractivity contribution in [3.63, 3.8) is 0 Å². The molecule has 0 atom stereocenters. The molecule has 7 nitrogen and oxygen atoms in total. The lowest BCUT2D eigenvalue weighted by Gasteiger charge is -2.21. The molecule has 0 amide bonds. The quantitative estimate of drug-likeness (QED) is 0.395. The molecule has 0 aromatic carbocycles. The summed E-state index contributed by atoms with van der Waals surface area (Å²) in [6.07, 6.45) is 1.52. The Kier molecular flexibility index (Phi) is 5.99. The molecule has 22 heavy (non-hydrogen) atoms. The maximum absolute atomic E-state index is 12.4. The Morgan fingerprint density at radius 2 is 1.36 bits per heavy atom. The zero-order valence-electron chi connectivity index (χ0n) is 11.6. The van der Waals surface area contributed by atoms with Crippen LogP contribution in [0, 0.1) is 0 Å². The molecular formula is C14H23ClN4O3. The molecule has 1 aliphatic carbocycles. The van der Waals surface area contributed by atoms with Gasteiger partial charge in [-0.3, -0.25) is 9.59 Å². The lowest BCUT2D eigenvalue weighted by atomic mass is 10.0. The van der Waals surface area contributed by atoms with Gasteiger partial charge in [-0.25, -0.2) is 0 Å². The highest BCUT2D eigenvalue weighted by molar-refractivity contribution is 6.22. The third-order valence-corrected chi connectivity index (χ3v) is 3.49. The molecule has 0 aromatic rings. The predicted molar refractivity (Wildman–Crippen MR) is 85.1 cm³/mol. The normalized spacial score (nSPS) is 21.4. The highest BCUT2D eigenvalue weighted by Gasteiger charge is 2.43. The summed E-state index contributed by atoms with van der Waals surface area (Å²) in [5, 5.41) is 7.35. The smallest absolute Gasteiger partial charge is 0.227 e. The average Bonchev–Trinajstić information content (AvgIpc) is 3.28. The number of aliphatic hydroxyl groups is 1. The van der Waals surface area contributed by atoms with Crippen molar-refractivity contribution >= 4 is 24.0 Å². The van der Waals surface area contributed by atoms with Gasteiger partial charge in [-0.05, 0) is 0 Å². The second-order valence-corrected chi connectivity index (χ2v) is 5.06. The summed E-state index contributed by atoms with van der Waals surface area (Å²) in [5.41, 5.74) is 6.29. The molecule has 3 aliphatic heterocycles. The van der Waals surface area contributed by atoms with Crippen molar-refractivity contribution in [3.8, 4) is 0 Å². The molecule has 124 valence electrons. The first kappa shape index (κ1) is 18.5. The van der Waals surface area contributed by atoms with E-state index in [1.165, 1.54) is 6.08 Å². The minimum atomic E-state index is -0.250. The van der Waals surface area contributed by atoms with Crippen molar-refractivity contribution < 1.29 is 14.7 Å². The SMILES string of the molecule is C.Cl.NCO.O=C1C=C(N2CC2)C(=O)C(N2CC2)=C1N1CC1. The molecule has 3 heterocycles. The summed E-state index contributed by atoms with van der Waals surface area (Å²) < 4.78 is 0. The molecule has 0 unspecified atom stereocenters. The van der Waals surface area contributed by atoms with E-state index in [2.05, 4.69) is 5.73 Å². The van der Waals surface area contributed by atoms with Gasteiger partial charge in [-0.1, -0.05) is 7.43 Å². The van der Waals surface area contributed by atoms with E-state index in [1.54, 1.807) is 0 Å². The Bertz CT molecular complexity index is 520. The van der Waals surface area contributed by atoms with Crippen LogP contribution in [0.15, 0.2) is 23.2 Å². The zero-order valence-corrected chi connectivity index (χ0v) is 12.4. The first-order valence-corrected chi connectivity index (χ1v) is 6.78. The van der Waals surface area contributed by atoms with Crippen molar-refractivity contribution in [2.24, 2.45) is 5.73 Å². The van der Waals surface area contributed by atoms with E-state index >= 15 is 0 Å². The standard InChI is InChI=1S/C12H13N3O2.CH5NO.CH4.ClH/c16-9-7-8(13-1-2-13)12(17)11(15-5-6-15)10(9)14-3-4-14;2-1-3;;/h7H,1-6H2;3H,1-2H2;1H4;1H. The van der Waals surface area contributed by atoms with Crippen LogP contribution in [0.25, 0.3) is 0 Å². The van der Waals surface area contributed by atoms with E-state index in [0.29, 0.717) is 17.1 Å². The van der Waals surface area contributed by atoms with Gasteiger partial charge in [0.2, 0.25) is 11.6 Å². The number of hydrogen-bond donors (Lipinski definition) is 2. The van der Waals surface area contributed by atoms with Crippen LogP contribution in [-0.4, -0.2) is 77.4 Å². The van der Waals surface area contributed by atoms with Crippen LogP contribution in [-0.2, 0) is 9.59 Å². The fourth-order valence-corrected chi connectivity index (χ4v) is 2.28. The van der Waals surface area contributed by atoms with Crippen molar-refractivity contribution in [1.82, 2.24) is 14.7 Å². The third kappa shape index (κ3) is 3.60. The minimum absolute atomic E-state index is 0. The number of nitrogens with two attached hydrogens (primary N) is 1. The van der Waals surface area contributed by atoms with Gasteiger partial charge in [0.1, 0.15) is 11.4 Å². The van der Waals surface area contributed by atoms with E-state index in [4.69, 9.17) is 5.11 Å². The lowest BCUT2D eigenvalue weighted by molar-refractivity contribution is -0.117. The fraction of sp³-hybridized carbons (Fsp3) is 0.571. The molecule has 3 N–H and O–H groups in total. The van der Waals surface area contributed by atoms with Crippen LogP contribution in [0.4, 0.5) is 0 Å². The number of ketones is 2. The van der Waals surface area contributed by atoms with Gasteiger partial charge >= 0.3 is 0 Å². The van der Waals surface area contributed by atoms with Gasteiger partial charge in [-0.2, -0.15) is 0 Å². The molecule has 0 bridgehead atoms. The number of aliphatic hydroxyl groups excluding tert-OH is 1. The van der Waals surface area contributed by atoms with Crippen LogP contribution >= 0.6 is 12.4 Å². The van der Waals surface area contributed by atoms with Crippen LogP contribution in [0.2, 0.25) is 0 Å². The van der Waals surface area contributed by atoms with Gasteiger partial charge in [0.05, 0.1) is 12.4 Å². The monoisotopic (exact) mass is 330 g/mol. The van der Waals surface area contributed by atoms with Crippen LogP contribution in [0.1, 0.15) is 7.43 Å². The number of hydrogen-bond acceptors (Lipinski definition) is 7. The van der Waals surface area contributed by atoms with Gasteiger partial charge in [0, 0.05) is 45.3 Å². The van der Waals surface area contributed by atoms with E-state index < -0.39 is 0 Å². The first-order chi connectivity index (χ1) is 9.67. The molecular weight excluding hydrogens is 308 g/mol. The van der Waals surface area contributed by atoms with E-state index in [1.807, 2.05) is 14.7 Å². The highest BCUT2D eigenvalue weighted by Crippen LogP contribution is 2.33. The fourth-order valence-electron chi connectivity index (χ4n) is 2.28. The molecule has 0 saturated carbocycles. The second kappa shape index (κ2) is 7.13. The predicted octanol–water partition coefficient (Wildman–Crippen LogP) is -0.867. The van der Waals surface area contributed by atoms with E-state index in [0.717, 1.165) is 39.3 Å². The van der Waals surface area contributed by atoms with Crippen LogP contribution in [0.3, 0.4) is 0 Å². The molecule has 4 aliphatic rings. The highest BCUT2D eigenvalue weighted by atomic mass is 35.5. The number of nitrogens with zero attached hydrogens (tertiary/aromatic N) is 3. The summed E-state index contributed by atoms with van der Waals surface area (Å²) >= 11 is 0. The Morgan fingerprint density at radius 3 is 1.77 bits per heavy atom. The van der Waals surface area contributed by atoms with Crippen molar-refractivity contribution in [3.05, 3.63) is 23.2 Å². The number of allylic oxidation sites excluding steroid dienone is 1. The lowest BCUT2D eigenvalue weighted by Crippen LogP contribution is -2.29. The largest absolute Gasteiger partial charge is 0.382 e. The third-order valence-electron chi connectivity index (χ3n) is 3.49. The Morgan fingerprint density at radius 1 is 0.955 bits per heavy atom. The molecule has 0 spiro atoms. The van der Waals surface area contributed by atoms with Gasteiger partial charge in [-0.15, -0.1) is 12.4 Å². The molecule has 8 heteroatoms. The van der Waals surface area contributed by atoms with Gasteiger partial charge in [0.25, 0.3) is 0 Å². The van der Waals surface area contributed by atoms with Crippen LogP contribution < -0.4 is 5.73 Å². The van der Waals surface area contributed by atoms with E-state index in [-0.39, 0.29) is 38.1 Å². The van der Waals surface area contributed by atoms with Crippen molar-refractivity contribution in [2.45, 2.75) is 7.43 Å². The summed E-state index contributed by atoms with van der Waals surface area (Å²) in [6.45, 7) is 5.16. The van der Waals surface area contributed by atoms with Gasteiger partial charge in [0.15, 0.2) is 0 Å². The molecule has 3 saturated heterocycles. The minimum Gasteiger partial charge on any atom is -0.382 e. The Hall–Kier alpha value is -1.57. The number of carbonyl (C=O) groups excluding carboxylic acids is 2. The zero-order chi connectivity index (χ0) is 14.3. The van der Waals surface area contributed by atoms with Crippen molar-refractivity contribution in [1.29, 1.82) is 0 Å². The molecule has 0 aromatic heterocycles. The summed E-state index contributed by atoms with van der Waals surface area (Å²) in [4.78, 5) is 30.5. The second-order valence-electron chi connectivity index (χ2n) is 5.06. The first-order valence-electron chi connectivity index (χ1n) is 6.78. The Balaban J connectivity index is 0.000000452. The topological polar surface area (TPSA) is 89.4 Å².